The second kappa shape index (κ2) is 6.45. The largest absolute Gasteiger partial charge is 0.491 e. The number of aryl methyl sites for hydroxylation is 3. The molecule has 0 aliphatic heterocycles. The summed E-state index contributed by atoms with van der Waals surface area (Å²) in [6, 6.07) is 5.88. The quantitative estimate of drug-likeness (QED) is 0.761. The standard InChI is InChI=1S/C17H20N4O3/c1-11-4-12(2)6-14(5-11)24-9-13(22)8-21-10-18-16-15(17(21)23)7-19-20(16)3/h4-7,10,13,22H,8-9H2,1-3H3/t13-/m0/s1. The molecule has 1 N–H and O–H groups in total. The summed E-state index contributed by atoms with van der Waals surface area (Å²) >= 11 is 0. The minimum atomic E-state index is -0.820. The van der Waals surface area contributed by atoms with Gasteiger partial charge in [-0.15, -0.1) is 0 Å². The second-order valence-electron chi connectivity index (χ2n) is 6.00. The van der Waals surface area contributed by atoms with Crippen molar-refractivity contribution in [1.29, 1.82) is 0 Å². The first-order chi connectivity index (χ1) is 11.4. The Morgan fingerprint density at radius 2 is 1.96 bits per heavy atom. The smallest absolute Gasteiger partial charge is 0.264 e. The molecule has 3 aromatic rings. The molecule has 0 aliphatic rings. The van der Waals surface area contributed by atoms with Gasteiger partial charge in [0.05, 0.1) is 12.7 Å². The molecule has 1 aromatic carbocycles. The lowest BCUT2D eigenvalue weighted by molar-refractivity contribution is 0.0914. The lowest BCUT2D eigenvalue weighted by Crippen LogP contribution is -2.30. The molecule has 0 bridgehead atoms. The summed E-state index contributed by atoms with van der Waals surface area (Å²) < 4.78 is 8.55. The van der Waals surface area contributed by atoms with Gasteiger partial charge < -0.3 is 9.84 Å². The Bertz CT molecular complexity index is 909. The first-order valence-electron chi connectivity index (χ1n) is 7.70. The highest BCUT2D eigenvalue weighted by Crippen LogP contribution is 2.16. The maximum absolute atomic E-state index is 12.4. The van der Waals surface area contributed by atoms with Crippen molar-refractivity contribution in [3.63, 3.8) is 0 Å². The van der Waals surface area contributed by atoms with Crippen molar-refractivity contribution in [2.75, 3.05) is 6.61 Å². The van der Waals surface area contributed by atoms with Crippen LogP contribution in [0.25, 0.3) is 11.0 Å². The zero-order valence-electron chi connectivity index (χ0n) is 13.9. The molecule has 0 amide bonds. The number of aliphatic hydroxyl groups excluding tert-OH is 1. The second-order valence-corrected chi connectivity index (χ2v) is 6.00. The van der Waals surface area contributed by atoms with Gasteiger partial charge in [-0.05, 0) is 37.1 Å². The van der Waals surface area contributed by atoms with E-state index in [0.29, 0.717) is 16.8 Å². The van der Waals surface area contributed by atoms with Gasteiger partial charge in [0.2, 0.25) is 0 Å². The summed E-state index contributed by atoms with van der Waals surface area (Å²) in [4.78, 5) is 16.6. The number of fused-ring (bicyclic) bond motifs is 1. The van der Waals surface area contributed by atoms with Gasteiger partial charge in [-0.25, -0.2) is 4.98 Å². The topological polar surface area (TPSA) is 82.2 Å². The lowest BCUT2D eigenvalue weighted by Gasteiger charge is -2.14. The Labute approximate surface area is 139 Å². The molecule has 0 saturated carbocycles. The SMILES string of the molecule is Cc1cc(C)cc(OC[C@@H](O)Cn2cnc3c(cnn3C)c2=O)c1. The van der Waals surface area contributed by atoms with E-state index in [2.05, 4.69) is 16.1 Å². The van der Waals surface area contributed by atoms with Crippen LogP contribution in [0.5, 0.6) is 5.75 Å². The molecule has 2 heterocycles. The highest BCUT2D eigenvalue weighted by Gasteiger charge is 2.12. The van der Waals surface area contributed by atoms with Crippen molar-refractivity contribution >= 4 is 11.0 Å². The Morgan fingerprint density at radius 3 is 2.67 bits per heavy atom. The molecule has 126 valence electrons. The van der Waals surface area contributed by atoms with E-state index in [9.17, 15) is 9.90 Å². The molecule has 0 unspecified atom stereocenters. The summed E-state index contributed by atoms with van der Waals surface area (Å²) in [7, 11) is 1.73. The van der Waals surface area contributed by atoms with Crippen LogP contribution in [0.15, 0.2) is 35.5 Å². The molecule has 0 radical (unpaired) electrons. The van der Waals surface area contributed by atoms with Crippen LogP contribution in [0.2, 0.25) is 0 Å². The first-order valence-corrected chi connectivity index (χ1v) is 7.70. The molecule has 3 rings (SSSR count). The van der Waals surface area contributed by atoms with E-state index >= 15 is 0 Å². The van der Waals surface area contributed by atoms with Crippen LogP contribution in [0.4, 0.5) is 0 Å². The number of nitrogens with zero attached hydrogens (tertiary/aromatic N) is 4. The molecular weight excluding hydrogens is 308 g/mol. The van der Waals surface area contributed by atoms with E-state index in [4.69, 9.17) is 4.74 Å². The third-order valence-corrected chi connectivity index (χ3v) is 3.76. The number of rotatable bonds is 5. The summed E-state index contributed by atoms with van der Waals surface area (Å²) in [5.41, 5.74) is 2.50. The molecule has 0 fully saturated rings. The van der Waals surface area contributed by atoms with Crippen LogP contribution < -0.4 is 10.3 Å². The minimum Gasteiger partial charge on any atom is -0.491 e. The van der Waals surface area contributed by atoms with E-state index in [1.807, 2.05) is 26.0 Å². The van der Waals surface area contributed by atoms with Gasteiger partial charge in [-0.2, -0.15) is 5.10 Å². The van der Waals surface area contributed by atoms with Gasteiger partial charge in [0.15, 0.2) is 5.65 Å². The maximum atomic E-state index is 12.4. The summed E-state index contributed by atoms with van der Waals surface area (Å²) in [5, 5.41) is 14.6. The predicted octanol–water partition coefficient (Wildman–Crippen LogP) is 1.19. The fraction of sp³-hybridized carbons (Fsp3) is 0.353. The highest BCUT2D eigenvalue weighted by atomic mass is 16.5. The molecule has 0 spiro atoms. The van der Waals surface area contributed by atoms with Crippen LogP contribution in [0, 0.1) is 13.8 Å². The summed E-state index contributed by atoms with van der Waals surface area (Å²) in [6.45, 7) is 4.19. The number of hydrogen-bond donors (Lipinski definition) is 1. The van der Waals surface area contributed by atoms with Crippen LogP contribution in [-0.4, -0.2) is 37.1 Å². The molecule has 7 nitrogen and oxygen atoms in total. The Balaban J connectivity index is 1.69. The normalized spacial score (nSPS) is 12.5. The third kappa shape index (κ3) is 3.30. The average Bonchev–Trinajstić information content (AvgIpc) is 2.89. The van der Waals surface area contributed by atoms with Crippen molar-refractivity contribution in [3.8, 4) is 5.75 Å². The van der Waals surface area contributed by atoms with Gasteiger partial charge in [-0.3, -0.25) is 14.0 Å². The van der Waals surface area contributed by atoms with E-state index in [0.717, 1.165) is 11.1 Å². The molecular formula is C17H20N4O3. The maximum Gasteiger partial charge on any atom is 0.264 e. The summed E-state index contributed by atoms with van der Waals surface area (Å²) in [6.07, 6.45) is 2.09. The van der Waals surface area contributed by atoms with Crippen molar-refractivity contribution in [2.24, 2.45) is 7.05 Å². The van der Waals surface area contributed by atoms with E-state index in [1.165, 1.54) is 17.1 Å². The average molecular weight is 328 g/mol. The predicted molar refractivity (Wildman–Crippen MR) is 90.2 cm³/mol. The van der Waals surface area contributed by atoms with Crippen LogP contribution >= 0.6 is 0 Å². The van der Waals surface area contributed by atoms with Crippen LogP contribution in [-0.2, 0) is 13.6 Å². The fourth-order valence-electron chi connectivity index (χ4n) is 2.69. The minimum absolute atomic E-state index is 0.0976. The molecule has 0 saturated heterocycles. The van der Waals surface area contributed by atoms with Crippen molar-refractivity contribution in [3.05, 3.63) is 52.2 Å². The van der Waals surface area contributed by atoms with E-state index in [1.54, 1.807) is 11.7 Å². The summed E-state index contributed by atoms with van der Waals surface area (Å²) in [5.74, 6) is 0.708. The zero-order valence-corrected chi connectivity index (χ0v) is 13.9. The van der Waals surface area contributed by atoms with Crippen molar-refractivity contribution < 1.29 is 9.84 Å². The fourth-order valence-corrected chi connectivity index (χ4v) is 2.69. The van der Waals surface area contributed by atoms with Gasteiger partial charge in [-0.1, -0.05) is 6.07 Å². The number of aromatic nitrogens is 4. The number of benzene rings is 1. The first kappa shape index (κ1) is 16.2. The third-order valence-electron chi connectivity index (χ3n) is 3.76. The van der Waals surface area contributed by atoms with Gasteiger partial charge in [0, 0.05) is 7.05 Å². The van der Waals surface area contributed by atoms with Gasteiger partial charge in [0.25, 0.3) is 5.56 Å². The van der Waals surface area contributed by atoms with Gasteiger partial charge in [0.1, 0.15) is 30.2 Å². The highest BCUT2D eigenvalue weighted by molar-refractivity contribution is 5.72. The molecule has 7 heteroatoms. The monoisotopic (exact) mass is 328 g/mol. The lowest BCUT2D eigenvalue weighted by atomic mass is 10.1. The van der Waals surface area contributed by atoms with E-state index < -0.39 is 6.10 Å². The van der Waals surface area contributed by atoms with Crippen molar-refractivity contribution in [1.82, 2.24) is 19.3 Å². The van der Waals surface area contributed by atoms with Crippen LogP contribution in [0.1, 0.15) is 11.1 Å². The zero-order chi connectivity index (χ0) is 17.3. The Kier molecular flexibility index (Phi) is 4.35. The van der Waals surface area contributed by atoms with Crippen LogP contribution in [0.3, 0.4) is 0 Å². The number of aliphatic hydroxyl groups is 1. The number of ether oxygens (including phenoxy) is 1. The number of hydrogen-bond acceptors (Lipinski definition) is 5. The molecule has 1 atom stereocenters. The van der Waals surface area contributed by atoms with Gasteiger partial charge >= 0.3 is 0 Å². The molecule has 24 heavy (non-hydrogen) atoms. The van der Waals surface area contributed by atoms with Crippen molar-refractivity contribution in [2.45, 2.75) is 26.5 Å². The Hall–Kier alpha value is -2.67. The Morgan fingerprint density at radius 1 is 1.25 bits per heavy atom. The van der Waals surface area contributed by atoms with E-state index in [-0.39, 0.29) is 18.7 Å². The molecule has 2 aromatic heterocycles. The molecule has 0 aliphatic carbocycles.